The minimum absolute atomic E-state index is 0.0791. The van der Waals surface area contributed by atoms with Crippen LogP contribution in [-0.2, 0) is 16.8 Å². The van der Waals surface area contributed by atoms with Crippen molar-refractivity contribution in [1.29, 1.82) is 0 Å². The zero-order chi connectivity index (χ0) is 27.0. The van der Waals surface area contributed by atoms with Crippen LogP contribution in [-0.4, -0.2) is 16.2 Å². The van der Waals surface area contributed by atoms with Gasteiger partial charge in [-0.1, -0.05) is 65.3 Å². The molecule has 5 aromatic rings. The van der Waals surface area contributed by atoms with E-state index in [1.165, 1.54) is 5.56 Å². The summed E-state index contributed by atoms with van der Waals surface area (Å²) in [5.41, 5.74) is 5.72. The van der Waals surface area contributed by atoms with Crippen molar-refractivity contribution in [3.8, 4) is 0 Å². The largest absolute Gasteiger partial charge is 0.458 e. The zero-order valence-electron chi connectivity index (χ0n) is 22.3. The number of amides is 1. The van der Waals surface area contributed by atoms with Gasteiger partial charge in [-0.25, -0.2) is 0 Å². The average Bonchev–Trinajstić information content (AvgIpc) is 3.46. The van der Waals surface area contributed by atoms with E-state index in [9.17, 15) is 9.90 Å². The molecule has 0 radical (unpaired) electrons. The highest BCUT2D eigenvalue weighted by atomic mass is 16.5. The number of benzene rings is 3. The van der Waals surface area contributed by atoms with Crippen LogP contribution >= 0.6 is 0 Å². The fourth-order valence-electron chi connectivity index (χ4n) is 5.28. The molecule has 1 amide bonds. The summed E-state index contributed by atoms with van der Waals surface area (Å²) >= 11 is 0. The van der Waals surface area contributed by atoms with E-state index in [2.05, 4.69) is 42.5 Å². The lowest BCUT2D eigenvalue weighted by Crippen LogP contribution is -2.31. The third-order valence-corrected chi connectivity index (χ3v) is 7.12. The van der Waals surface area contributed by atoms with Crippen molar-refractivity contribution in [3.63, 3.8) is 0 Å². The van der Waals surface area contributed by atoms with Crippen molar-refractivity contribution in [1.82, 2.24) is 10.5 Å². The first-order valence-electron chi connectivity index (χ1n) is 12.7. The molecular formula is C32H32N2O4. The van der Waals surface area contributed by atoms with Crippen molar-refractivity contribution in [2.45, 2.75) is 52.7 Å². The van der Waals surface area contributed by atoms with E-state index < -0.39 is 5.60 Å². The third-order valence-electron chi connectivity index (χ3n) is 7.12. The molecule has 2 N–H and O–H groups in total. The molecule has 2 atom stereocenters. The van der Waals surface area contributed by atoms with Crippen molar-refractivity contribution in [2.24, 2.45) is 0 Å². The number of furan rings is 1. The number of aliphatic hydroxyl groups is 1. The molecule has 0 aliphatic rings. The minimum Gasteiger partial charge on any atom is -0.458 e. The standard InChI is InChI=1S/C32H32N2O4/c1-19-11-13-26(20(2)15-19)31(24-9-7-6-8-10-24)33-29(35)17-23-12-14-27-25(16-23)18-28(37-27)32(5,36)30-21(3)34-38-22(30)4/h6-16,18,31,36H,17H2,1-5H3,(H,33,35). The van der Waals surface area contributed by atoms with Crippen LogP contribution in [0.5, 0.6) is 0 Å². The second kappa shape index (κ2) is 9.95. The van der Waals surface area contributed by atoms with Gasteiger partial charge < -0.3 is 19.4 Å². The Balaban J connectivity index is 1.40. The molecule has 0 aliphatic carbocycles. The maximum absolute atomic E-state index is 13.3. The SMILES string of the molecule is Cc1ccc(C(NC(=O)Cc2ccc3oc(C(C)(O)c4c(C)noc4C)cc3c2)c2ccccc2)c(C)c1. The predicted octanol–water partition coefficient (Wildman–Crippen LogP) is 6.36. The first kappa shape index (κ1) is 25.5. The van der Waals surface area contributed by atoms with Crippen LogP contribution < -0.4 is 5.32 Å². The maximum atomic E-state index is 13.3. The quantitative estimate of drug-likeness (QED) is 0.267. The van der Waals surface area contributed by atoms with Gasteiger partial charge in [0, 0.05) is 5.39 Å². The number of carbonyl (C=O) groups excluding carboxylic acids is 1. The van der Waals surface area contributed by atoms with Crippen LogP contribution in [0.1, 0.15) is 63.6 Å². The molecule has 38 heavy (non-hydrogen) atoms. The van der Waals surface area contributed by atoms with Crippen LogP contribution in [0.25, 0.3) is 11.0 Å². The molecule has 0 fully saturated rings. The lowest BCUT2D eigenvalue weighted by atomic mass is 9.91. The Morgan fingerprint density at radius 1 is 1.00 bits per heavy atom. The van der Waals surface area contributed by atoms with Gasteiger partial charge in [0.05, 0.1) is 23.7 Å². The number of aromatic nitrogens is 1. The molecule has 194 valence electrons. The lowest BCUT2D eigenvalue weighted by Gasteiger charge is -2.22. The molecule has 3 aromatic carbocycles. The van der Waals surface area contributed by atoms with Gasteiger partial charge >= 0.3 is 0 Å². The average molecular weight is 509 g/mol. The number of nitrogens with one attached hydrogen (secondary N) is 1. The molecule has 2 unspecified atom stereocenters. The highest BCUT2D eigenvalue weighted by Gasteiger charge is 2.35. The Kier molecular flexibility index (Phi) is 6.67. The highest BCUT2D eigenvalue weighted by Crippen LogP contribution is 2.37. The monoisotopic (exact) mass is 508 g/mol. The summed E-state index contributed by atoms with van der Waals surface area (Å²) in [6.07, 6.45) is 0.213. The van der Waals surface area contributed by atoms with E-state index in [1.807, 2.05) is 54.6 Å². The summed E-state index contributed by atoms with van der Waals surface area (Å²) in [5, 5.41) is 19.3. The van der Waals surface area contributed by atoms with Gasteiger partial charge in [-0.2, -0.15) is 0 Å². The molecule has 2 aromatic heterocycles. The topological polar surface area (TPSA) is 88.5 Å². The van der Waals surface area contributed by atoms with E-state index in [0.29, 0.717) is 28.4 Å². The van der Waals surface area contributed by atoms with Crippen LogP contribution in [0, 0.1) is 27.7 Å². The van der Waals surface area contributed by atoms with Crippen LogP contribution in [0.4, 0.5) is 0 Å². The smallest absolute Gasteiger partial charge is 0.225 e. The summed E-state index contributed by atoms with van der Waals surface area (Å²) in [6.45, 7) is 9.37. The zero-order valence-corrected chi connectivity index (χ0v) is 22.3. The number of rotatable bonds is 7. The molecule has 0 saturated carbocycles. The molecule has 0 spiro atoms. The van der Waals surface area contributed by atoms with Gasteiger partial charge in [0.2, 0.25) is 5.91 Å². The van der Waals surface area contributed by atoms with E-state index in [0.717, 1.165) is 27.6 Å². The summed E-state index contributed by atoms with van der Waals surface area (Å²) < 4.78 is 11.3. The van der Waals surface area contributed by atoms with Crippen LogP contribution in [0.2, 0.25) is 0 Å². The van der Waals surface area contributed by atoms with Gasteiger partial charge in [-0.3, -0.25) is 4.79 Å². The van der Waals surface area contributed by atoms with Crippen molar-refractivity contribution < 1.29 is 18.8 Å². The van der Waals surface area contributed by atoms with E-state index in [-0.39, 0.29) is 18.4 Å². The molecule has 0 saturated heterocycles. The van der Waals surface area contributed by atoms with Crippen LogP contribution in [0.15, 0.2) is 81.7 Å². The number of fused-ring (bicyclic) bond motifs is 1. The Hall–Kier alpha value is -4.16. The van der Waals surface area contributed by atoms with Gasteiger partial charge in [0.15, 0.2) is 0 Å². The van der Waals surface area contributed by atoms with Crippen LogP contribution in [0.3, 0.4) is 0 Å². The molecule has 0 bridgehead atoms. The van der Waals surface area contributed by atoms with E-state index in [1.54, 1.807) is 20.8 Å². The number of carbonyl (C=O) groups is 1. The fourth-order valence-corrected chi connectivity index (χ4v) is 5.28. The number of hydrogen-bond acceptors (Lipinski definition) is 5. The van der Waals surface area contributed by atoms with Gasteiger partial charge in [-0.05, 0) is 75.1 Å². The Bertz CT molecular complexity index is 1590. The predicted molar refractivity (Wildman–Crippen MR) is 147 cm³/mol. The maximum Gasteiger partial charge on any atom is 0.225 e. The highest BCUT2D eigenvalue weighted by molar-refractivity contribution is 5.83. The third kappa shape index (κ3) is 4.87. The molecule has 2 heterocycles. The summed E-state index contributed by atoms with van der Waals surface area (Å²) in [7, 11) is 0. The van der Waals surface area contributed by atoms with Gasteiger partial charge in [0.1, 0.15) is 22.7 Å². The Morgan fingerprint density at radius 2 is 1.76 bits per heavy atom. The summed E-state index contributed by atoms with van der Waals surface area (Å²) in [6, 6.07) is 23.5. The first-order valence-corrected chi connectivity index (χ1v) is 12.7. The van der Waals surface area contributed by atoms with Crippen molar-refractivity contribution >= 4 is 16.9 Å². The molecule has 0 aliphatic heterocycles. The fraction of sp³-hybridized carbons (Fsp3) is 0.250. The number of nitrogens with zero attached hydrogens (tertiary/aromatic N) is 1. The summed E-state index contributed by atoms with van der Waals surface area (Å²) in [5.74, 6) is 0.856. The van der Waals surface area contributed by atoms with Gasteiger partial charge in [0.25, 0.3) is 0 Å². The second-order valence-electron chi connectivity index (χ2n) is 10.2. The van der Waals surface area contributed by atoms with Crippen molar-refractivity contribution in [2.75, 3.05) is 0 Å². The number of hydrogen-bond donors (Lipinski definition) is 2. The van der Waals surface area contributed by atoms with Crippen molar-refractivity contribution in [3.05, 3.63) is 123 Å². The van der Waals surface area contributed by atoms with E-state index in [4.69, 9.17) is 8.94 Å². The Morgan fingerprint density at radius 3 is 2.45 bits per heavy atom. The first-order chi connectivity index (χ1) is 18.1. The van der Waals surface area contributed by atoms with E-state index >= 15 is 0 Å². The summed E-state index contributed by atoms with van der Waals surface area (Å²) in [4.78, 5) is 13.3. The molecule has 6 nitrogen and oxygen atoms in total. The molecule has 5 rings (SSSR count). The Labute approximate surface area is 222 Å². The van der Waals surface area contributed by atoms with Gasteiger partial charge in [-0.15, -0.1) is 0 Å². The lowest BCUT2D eigenvalue weighted by molar-refractivity contribution is -0.120. The molecule has 6 heteroatoms. The molecular weight excluding hydrogens is 476 g/mol. The normalized spacial score (nSPS) is 13.8. The second-order valence-corrected chi connectivity index (χ2v) is 10.2. The number of aryl methyl sites for hydroxylation is 4. The minimum atomic E-state index is -1.40.